The van der Waals surface area contributed by atoms with Gasteiger partial charge in [-0.1, -0.05) is 44.2 Å². The Kier molecular flexibility index (Phi) is 5.09. The minimum atomic E-state index is -3.30. The van der Waals surface area contributed by atoms with E-state index < -0.39 is 9.84 Å². The maximum Gasteiger partial charge on any atom is 0.179 e. The highest BCUT2D eigenvalue weighted by Crippen LogP contribution is 2.29. The smallest absolute Gasteiger partial charge is 0.179 e. The number of hydrogen-bond donors (Lipinski definition) is 1. The lowest BCUT2D eigenvalue weighted by atomic mass is 9.79. The van der Waals surface area contributed by atoms with Crippen molar-refractivity contribution >= 4 is 15.7 Å². The molecule has 0 fully saturated rings. The fourth-order valence-electron chi connectivity index (χ4n) is 2.86. The molecule has 124 valence electrons. The zero-order chi connectivity index (χ0) is 17.1. The predicted molar refractivity (Wildman–Crippen MR) is 94.5 cm³/mol. The van der Waals surface area contributed by atoms with Gasteiger partial charge in [0.2, 0.25) is 0 Å². The van der Waals surface area contributed by atoms with Crippen molar-refractivity contribution in [2.45, 2.75) is 43.5 Å². The summed E-state index contributed by atoms with van der Waals surface area (Å²) in [5.41, 5.74) is 1.24. The summed E-state index contributed by atoms with van der Waals surface area (Å²) in [5.74, 6) is 0.423. The lowest BCUT2D eigenvalue weighted by Crippen LogP contribution is -2.28. The molecule has 0 saturated heterocycles. The van der Waals surface area contributed by atoms with Crippen LogP contribution in [0.4, 0.5) is 5.82 Å². The number of sulfone groups is 1. The first-order chi connectivity index (χ1) is 10.7. The molecule has 2 aromatic rings. The van der Waals surface area contributed by atoms with E-state index in [1.807, 2.05) is 25.1 Å². The van der Waals surface area contributed by atoms with E-state index >= 15 is 0 Å². The summed E-state index contributed by atoms with van der Waals surface area (Å²) in [5, 5.41) is 3.25. The molecule has 0 radical (unpaired) electrons. The van der Waals surface area contributed by atoms with Crippen molar-refractivity contribution in [3.05, 3.63) is 54.2 Å². The molecular formula is C18H24N2O2S. The number of nitrogens with zero attached hydrogens (tertiary/aromatic N) is 1. The highest BCUT2D eigenvalue weighted by Gasteiger charge is 2.24. The summed E-state index contributed by atoms with van der Waals surface area (Å²) in [7, 11) is -3.30. The summed E-state index contributed by atoms with van der Waals surface area (Å²) in [6, 6.07) is 13.6. The number of hydrogen-bond acceptors (Lipinski definition) is 4. The fraction of sp³-hybridized carbons (Fsp3) is 0.389. The highest BCUT2D eigenvalue weighted by molar-refractivity contribution is 7.90. The van der Waals surface area contributed by atoms with Crippen LogP contribution in [0, 0.1) is 0 Å². The van der Waals surface area contributed by atoms with Crippen LogP contribution in [0.25, 0.3) is 0 Å². The van der Waals surface area contributed by atoms with Crippen LogP contribution in [0.15, 0.2) is 53.6 Å². The lowest BCUT2D eigenvalue weighted by molar-refractivity contribution is 0.449. The molecule has 4 nitrogen and oxygen atoms in total. The lowest BCUT2D eigenvalue weighted by Gasteiger charge is -2.29. The van der Waals surface area contributed by atoms with E-state index in [0.29, 0.717) is 5.82 Å². The first-order valence-electron chi connectivity index (χ1n) is 7.67. The van der Waals surface area contributed by atoms with Gasteiger partial charge in [-0.05, 0) is 36.5 Å². The van der Waals surface area contributed by atoms with Crippen LogP contribution in [0.1, 0.15) is 32.8 Å². The molecule has 1 N–H and O–H groups in total. The Labute approximate surface area is 138 Å². The van der Waals surface area contributed by atoms with Crippen molar-refractivity contribution in [1.82, 2.24) is 4.98 Å². The number of nitrogens with one attached hydrogen (secondary N) is 1. The van der Waals surface area contributed by atoms with Crippen molar-refractivity contribution in [1.29, 1.82) is 0 Å². The standard InChI is InChI=1S/C18H24N2O2S/c1-14(13-18(2,3)15-9-6-5-7-10-15)20-17-16(23(4,21)22)11-8-12-19-17/h5-12,14H,13H2,1-4H3,(H,19,20). The van der Waals surface area contributed by atoms with Gasteiger partial charge in [0, 0.05) is 18.5 Å². The predicted octanol–water partition coefficient (Wildman–Crippen LogP) is 3.65. The van der Waals surface area contributed by atoms with Crippen molar-refractivity contribution in [3.63, 3.8) is 0 Å². The Morgan fingerprint density at radius 3 is 2.39 bits per heavy atom. The number of benzene rings is 1. The van der Waals surface area contributed by atoms with Gasteiger partial charge in [-0.15, -0.1) is 0 Å². The Balaban J connectivity index is 2.16. The Morgan fingerprint density at radius 2 is 1.78 bits per heavy atom. The third-order valence-corrected chi connectivity index (χ3v) is 5.05. The van der Waals surface area contributed by atoms with Gasteiger partial charge in [-0.2, -0.15) is 0 Å². The van der Waals surface area contributed by atoms with Crippen LogP contribution in [0.5, 0.6) is 0 Å². The third kappa shape index (κ3) is 4.55. The summed E-state index contributed by atoms with van der Waals surface area (Å²) < 4.78 is 23.7. The maximum absolute atomic E-state index is 11.9. The van der Waals surface area contributed by atoms with Gasteiger partial charge >= 0.3 is 0 Å². The van der Waals surface area contributed by atoms with Gasteiger partial charge < -0.3 is 5.32 Å². The zero-order valence-corrected chi connectivity index (χ0v) is 14.9. The largest absolute Gasteiger partial charge is 0.367 e. The minimum absolute atomic E-state index is 0.0201. The van der Waals surface area contributed by atoms with Crippen LogP contribution in [-0.2, 0) is 15.3 Å². The topological polar surface area (TPSA) is 59.1 Å². The molecule has 0 aliphatic heterocycles. The highest BCUT2D eigenvalue weighted by atomic mass is 32.2. The first kappa shape index (κ1) is 17.5. The van der Waals surface area contributed by atoms with Gasteiger partial charge in [0.05, 0.1) is 0 Å². The van der Waals surface area contributed by atoms with Gasteiger partial charge in [-0.3, -0.25) is 0 Å². The minimum Gasteiger partial charge on any atom is -0.367 e. The van der Waals surface area contributed by atoms with E-state index in [0.717, 1.165) is 6.42 Å². The molecule has 1 aromatic carbocycles. The van der Waals surface area contributed by atoms with Crippen LogP contribution in [-0.4, -0.2) is 25.7 Å². The van der Waals surface area contributed by atoms with Gasteiger partial charge in [-0.25, -0.2) is 13.4 Å². The van der Waals surface area contributed by atoms with Crippen LogP contribution >= 0.6 is 0 Å². The summed E-state index contributed by atoms with van der Waals surface area (Å²) >= 11 is 0. The molecule has 0 spiro atoms. The molecule has 1 unspecified atom stereocenters. The summed E-state index contributed by atoms with van der Waals surface area (Å²) in [4.78, 5) is 4.44. The molecule has 2 rings (SSSR count). The molecule has 23 heavy (non-hydrogen) atoms. The van der Waals surface area contributed by atoms with Gasteiger partial charge in [0.1, 0.15) is 10.7 Å². The van der Waals surface area contributed by atoms with Crippen molar-refractivity contribution in [2.75, 3.05) is 11.6 Å². The quantitative estimate of drug-likeness (QED) is 0.877. The SMILES string of the molecule is CC(CC(C)(C)c1ccccc1)Nc1ncccc1S(C)(=O)=O. The van der Waals surface area contributed by atoms with Gasteiger partial charge in [0.15, 0.2) is 9.84 Å². The van der Waals surface area contributed by atoms with Crippen molar-refractivity contribution in [3.8, 4) is 0 Å². The molecule has 5 heteroatoms. The Hall–Kier alpha value is -1.88. The number of aromatic nitrogens is 1. The Bertz CT molecular complexity index is 756. The van der Waals surface area contributed by atoms with E-state index in [9.17, 15) is 8.42 Å². The molecule has 0 aliphatic carbocycles. The summed E-state index contributed by atoms with van der Waals surface area (Å²) in [6.45, 7) is 6.43. The normalized spacial score (nSPS) is 13.6. The molecule has 0 amide bonds. The van der Waals surface area contributed by atoms with E-state index in [1.54, 1.807) is 18.3 Å². The maximum atomic E-state index is 11.9. The second-order valence-electron chi connectivity index (χ2n) is 6.62. The van der Waals surface area contributed by atoms with E-state index in [2.05, 4.69) is 36.3 Å². The molecule has 0 bridgehead atoms. The van der Waals surface area contributed by atoms with Gasteiger partial charge in [0.25, 0.3) is 0 Å². The molecule has 1 atom stereocenters. The summed E-state index contributed by atoms with van der Waals surface area (Å²) in [6.07, 6.45) is 3.66. The molecular weight excluding hydrogens is 308 g/mol. The molecule has 1 heterocycles. The fourth-order valence-corrected chi connectivity index (χ4v) is 3.64. The Morgan fingerprint density at radius 1 is 1.13 bits per heavy atom. The second-order valence-corrected chi connectivity index (χ2v) is 8.61. The van der Waals surface area contributed by atoms with Crippen LogP contribution in [0.3, 0.4) is 0 Å². The number of pyridine rings is 1. The second kappa shape index (κ2) is 6.71. The van der Waals surface area contributed by atoms with E-state index in [1.165, 1.54) is 11.8 Å². The number of anilines is 1. The van der Waals surface area contributed by atoms with E-state index in [-0.39, 0.29) is 16.4 Å². The van der Waals surface area contributed by atoms with Crippen LogP contribution < -0.4 is 5.32 Å². The molecule has 0 aliphatic rings. The third-order valence-electron chi connectivity index (χ3n) is 3.93. The first-order valence-corrected chi connectivity index (χ1v) is 9.56. The molecule has 0 saturated carbocycles. The van der Waals surface area contributed by atoms with E-state index in [4.69, 9.17) is 0 Å². The average molecular weight is 332 g/mol. The molecule has 1 aromatic heterocycles. The van der Waals surface area contributed by atoms with Crippen molar-refractivity contribution in [2.24, 2.45) is 0 Å². The van der Waals surface area contributed by atoms with Crippen LogP contribution in [0.2, 0.25) is 0 Å². The number of rotatable bonds is 6. The van der Waals surface area contributed by atoms with Crippen molar-refractivity contribution < 1.29 is 8.42 Å². The zero-order valence-electron chi connectivity index (χ0n) is 14.1. The average Bonchev–Trinajstić information content (AvgIpc) is 2.47. The monoisotopic (exact) mass is 332 g/mol.